The van der Waals surface area contributed by atoms with E-state index in [9.17, 15) is 9.59 Å². The number of hydrogen-bond donors (Lipinski definition) is 4. The zero-order chi connectivity index (χ0) is 24.7. The van der Waals surface area contributed by atoms with Crippen LogP contribution in [0.15, 0.2) is 43.1 Å². The maximum Gasteiger partial charge on any atom is 0.257 e. The second kappa shape index (κ2) is 8.60. The number of anilines is 2. The van der Waals surface area contributed by atoms with Crippen molar-refractivity contribution in [2.75, 3.05) is 25.1 Å². The molecular formula is C24H23N9O2. The van der Waals surface area contributed by atoms with E-state index in [1.54, 1.807) is 51.0 Å². The first-order valence-electron chi connectivity index (χ1n) is 11.0. The largest absolute Gasteiger partial charge is 0.383 e. The lowest BCUT2D eigenvalue weighted by atomic mass is 10.0. The van der Waals surface area contributed by atoms with Crippen LogP contribution in [0.25, 0.3) is 22.2 Å². The molecule has 0 aliphatic heterocycles. The van der Waals surface area contributed by atoms with Crippen molar-refractivity contribution in [2.45, 2.75) is 12.8 Å². The monoisotopic (exact) mass is 469 g/mol. The van der Waals surface area contributed by atoms with E-state index < -0.39 is 0 Å². The Kier molecular flexibility index (Phi) is 5.44. The highest BCUT2D eigenvalue weighted by Gasteiger charge is 2.29. The van der Waals surface area contributed by atoms with Crippen molar-refractivity contribution in [3.8, 4) is 11.1 Å². The first-order valence-corrected chi connectivity index (χ1v) is 11.0. The molecule has 0 unspecified atom stereocenters. The van der Waals surface area contributed by atoms with E-state index >= 15 is 0 Å². The number of imidazole rings is 1. The molecule has 4 aromatic heterocycles. The molecule has 35 heavy (non-hydrogen) atoms. The van der Waals surface area contributed by atoms with Crippen LogP contribution in [0.3, 0.4) is 0 Å². The van der Waals surface area contributed by atoms with Crippen molar-refractivity contribution in [3.63, 3.8) is 0 Å². The minimum absolute atomic E-state index is 0.00617. The molecule has 0 saturated heterocycles. The van der Waals surface area contributed by atoms with Crippen LogP contribution in [0.2, 0.25) is 0 Å². The Labute approximate surface area is 200 Å². The van der Waals surface area contributed by atoms with E-state index in [1.807, 2.05) is 0 Å². The number of aromatic nitrogens is 5. The number of nitrogen functional groups attached to an aromatic ring is 1. The zero-order valence-corrected chi connectivity index (χ0v) is 19.2. The molecule has 0 bridgehead atoms. The fraction of sp³-hybridized carbons (Fsp3) is 0.208. The molecule has 5 rings (SSSR count). The summed E-state index contributed by atoms with van der Waals surface area (Å²) in [6.07, 6.45) is 9.66. The van der Waals surface area contributed by atoms with Crippen LogP contribution < -0.4 is 11.1 Å². The van der Waals surface area contributed by atoms with Gasteiger partial charge in [0.25, 0.3) is 5.91 Å². The highest BCUT2D eigenvalue weighted by Crippen LogP contribution is 2.31. The maximum absolute atomic E-state index is 12.5. The van der Waals surface area contributed by atoms with Gasteiger partial charge >= 0.3 is 0 Å². The van der Waals surface area contributed by atoms with Crippen LogP contribution in [0.1, 0.15) is 34.6 Å². The van der Waals surface area contributed by atoms with Crippen molar-refractivity contribution >= 4 is 40.1 Å². The molecule has 1 aliphatic carbocycles. The number of fused-ring (bicyclic) bond motifs is 1. The molecule has 1 fully saturated rings. The quantitative estimate of drug-likeness (QED) is 0.315. The summed E-state index contributed by atoms with van der Waals surface area (Å²) in [6.45, 7) is 0. The topological polar surface area (TPSA) is 167 Å². The summed E-state index contributed by atoms with van der Waals surface area (Å²) in [6, 6.07) is 3.53. The number of carbonyl (C=O) groups excluding carboxylic acids is 2. The van der Waals surface area contributed by atoms with E-state index in [4.69, 9.17) is 11.1 Å². The number of aromatic amines is 1. The highest BCUT2D eigenvalue weighted by molar-refractivity contribution is 6.14. The van der Waals surface area contributed by atoms with Crippen molar-refractivity contribution < 1.29 is 9.59 Å². The predicted molar refractivity (Wildman–Crippen MR) is 131 cm³/mol. The van der Waals surface area contributed by atoms with Crippen LogP contribution >= 0.6 is 0 Å². The van der Waals surface area contributed by atoms with Gasteiger partial charge in [-0.2, -0.15) is 0 Å². The number of rotatable bonds is 6. The average molecular weight is 470 g/mol. The number of hydrogen-bond acceptors (Lipinski definition) is 8. The Morgan fingerprint density at radius 3 is 2.54 bits per heavy atom. The second-order valence-corrected chi connectivity index (χ2v) is 8.63. The van der Waals surface area contributed by atoms with Gasteiger partial charge in [-0.3, -0.25) is 25.0 Å². The first kappa shape index (κ1) is 22.1. The Morgan fingerprint density at radius 2 is 1.80 bits per heavy atom. The summed E-state index contributed by atoms with van der Waals surface area (Å²) in [4.78, 5) is 46.2. The third-order valence-corrected chi connectivity index (χ3v) is 5.74. The Bertz CT molecular complexity index is 1490. The third kappa shape index (κ3) is 4.31. The van der Waals surface area contributed by atoms with Crippen molar-refractivity contribution in [1.82, 2.24) is 29.8 Å². The van der Waals surface area contributed by atoms with Gasteiger partial charge in [0.05, 0.1) is 29.2 Å². The zero-order valence-electron chi connectivity index (χ0n) is 19.2. The molecule has 11 nitrogen and oxygen atoms in total. The number of nitrogens with two attached hydrogens (primary N) is 1. The standard InChI is InChI=1S/C24H23N9O2/c1-33(2)24(35)17-10-28-11-18-20(17)32-22(31-18)19(25)16-6-14(8-29-21(16)26)13-5-15(9-27-7-13)30-23(34)12-3-4-12/h5-12,25H,3-4H2,1-2H3,(H2,26,29)(H,30,34)(H,31,32). The fourth-order valence-corrected chi connectivity index (χ4v) is 3.67. The Morgan fingerprint density at radius 1 is 1.06 bits per heavy atom. The lowest BCUT2D eigenvalue weighted by Crippen LogP contribution is -2.22. The predicted octanol–water partition coefficient (Wildman–Crippen LogP) is 2.46. The molecule has 176 valence electrons. The average Bonchev–Trinajstić information content (AvgIpc) is 3.61. The number of carbonyl (C=O) groups is 2. The van der Waals surface area contributed by atoms with Crippen LogP contribution in [0.5, 0.6) is 0 Å². The summed E-state index contributed by atoms with van der Waals surface area (Å²) in [5, 5.41) is 11.6. The van der Waals surface area contributed by atoms with Crippen LogP contribution in [-0.4, -0.2) is 61.4 Å². The van der Waals surface area contributed by atoms with E-state index in [-0.39, 0.29) is 35.1 Å². The number of H-pyrrole nitrogens is 1. The second-order valence-electron chi connectivity index (χ2n) is 8.63. The molecular weight excluding hydrogens is 446 g/mol. The molecule has 4 aromatic rings. The van der Waals surface area contributed by atoms with Crippen LogP contribution in [-0.2, 0) is 4.79 Å². The SMILES string of the molecule is CN(C)C(=O)c1cncc2[nH]c(C(=N)c3cc(-c4cncc(NC(=O)C5CC5)c4)cnc3N)nc12. The Balaban J connectivity index is 1.48. The van der Waals surface area contributed by atoms with E-state index in [0.29, 0.717) is 39.0 Å². The van der Waals surface area contributed by atoms with Crippen LogP contribution in [0.4, 0.5) is 11.5 Å². The number of nitrogens with one attached hydrogen (secondary N) is 3. The maximum atomic E-state index is 12.5. The van der Waals surface area contributed by atoms with Gasteiger partial charge in [0, 0.05) is 55.3 Å². The van der Waals surface area contributed by atoms with Gasteiger partial charge in [0.15, 0.2) is 5.82 Å². The van der Waals surface area contributed by atoms with Gasteiger partial charge in [-0.25, -0.2) is 9.97 Å². The Hall–Kier alpha value is -4.67. The number of amides is 2. The summed E-state index contributed by atoms with van der Waals surface area (Å²) >= 11 is 0. The van der Waals surface area contributed by atoms with Crippen LogP contribution in [0, 0.1) is 11.3 Å². The minimum Gasteiger partial charge on any atom is -0.383 e. The molecule has 0 spiro atoms. The van der Waals surface area contributed by atoms with E-state index in [2.05, 4.69) is 30.2 Å². The van der Waals surface area contributed by atoms with Gasteiger partial charge in [0.2, 0.25) is 5.91 Å². The molecule has 11 heteroatoms. The lowest BCUT2D eigenvalue weighted by Gasteiger charge is -2.10. The van der Waals surface area contributed by atoms with Crippen molar-refractivity contribution in [1.29, 1.82) is 5.41 Å². The van der Waals surface area contributed by atoms with Gasteiger partial charge in [-0.05, 0) is 25.0 Å². The molecule has 0 aromatic carbocycles. The number of pyridine rings is 3. The van der Waals surface area contributed by atoms with Crippen molar-refractivity contribution in [2.24, 2.45) is 5.92 Å². The molecule has 5 N–H and O–H groups in total. The molecule has 2 amide bonds. The summed E-state index contributed by atoms with van der Waals surface area (Å²) in [5.74, 6) is 0.227. The molecule has 1 saturated carbocycles. The van der Waals surface area contributed by atoms with E-state index in [1.165, 1.54) is 11.1 Å². The summed E-state index contributed by atoms with van der Waals surface area (Å²) < 4.78 is 0. The third-order valence-electron chi connectivity index (χ3n) is 5.74. The minimum atomic E-state index is -0.239. The highest BCUT2D eigenvalue weighted by atomic mass is 16.2. The van der Waals surface area contributed by atoms with Gasteiger partial charge in [-0.1, -0.05) is 0 Å². The summed E-state index contributed by atoms with van der Waals surface area (Å²) in [7, 11) is 3.30. The molecule has 0 radical (unpaired) electrons. The summed E-state index contributed by atoms with van der Waals surface area (Å²) in [5.41, 5.74) is 9.76. The van der Waals surface area contributed by atoms with Gasteiger partial charge in [-0.15, -0.1) is 0 Å². The first-order chi connectivity index (χ1) is 16.8. The van der Waals surface area contributed by atoms with Gasteiger partial charge in [0.1, 0.15) is 17.0 Å². The smallest absolute Gasteiger partial charge is 0.257 e. The molecule has 0 atom stereocenters. The van der Waals surface area contributed by atoms with E-state index in [0.717, 1.165) is 12.8 Å². The molecule has 4 heterocycles. The molecule has 1 aliphatic rings. The van der Waals surface area contributed by atoms with Crippen molar-refractivity contribution in [3.05, 3.63) is 60.1 Å². The fourth-order valence-electron chi connectivity index (χ4n) is 3.67. The number of nitrogens with zero attached hydrogens (tertiary/aromatic N) is 5. The van der Waals surface area contributed by atoms with Gasteiger partial charge < -0.3 is 20.9 Å². The normalized spacial score (nSPS) is 13.0. The lowest BCUT2D eigenvalue weighted by molar-refractivity contribution is -0.117.